The molecule has 0 aromatic heterocycles. The Morgan fingerprint density at radius 2 is 1.83 bits per heavy atom. The Morgan fingerprint density at radius 3 is 2.50 bits per heavy atom. The van der Waals surface area contributed by atoms with Crippen LogP contribution in [0.4, 0.5) is 0 Å². The van der Waals surface area contributed by atoms with Gasteiger partial charge < -0.3 is 9.84 Å². The number of methoxy groups -OCH3 is 1. The topological polar surface area (TPSA) is 41.8 Å². The van der Waals surface area contributed by atoms with Crippen molar-refractivity contribution in [2.75, 3.05) is 7.11 Å². The van der Waals surface area contributed by atoms with Crippen LogP contribution in [-0.4, -0.2) is 18.4 Å². The SMILES string of the molecule is COc1ccc(C=NCc2ccccc2O)cc1. The average molecular weight is 241 g/mol. The summed E-state index contributed by atoms with van der Waals surface area (Å²) in [5.74, 6) is 1.11. The van der Waals surface area contributed by atoms with Gasteiger partial charge in [-0.05, 0) is 35.9 Å². The molecule has 2 aromatic rings. The first-order chi connectivity index (χ1) is 8.79. The molecule has 0 aliphatic rings. The number of aliphatic imine (C=N–C) groups is 1. The maximum Gasteiger partial charge on any atom is 0.120 e. The standard InChI is InChI=1S/C15H15NO2/c1-18-14-8-6-12(7-9-14)10-16-11-13-4-2-3-5-15(13)17/h2-10,17H,11H2,1H3. The van der Waals surface area contributed by atoms with Crippen molar-refractivity contribution in [2.24, 2.45) is 4.99 Å². The van der Waals surface area contributed by atoms with Crippen molar-refractivity contribution in [3.05, 3.63) is 59.7 Å². The van der Waals surface area contributed by atoms with Gasteiger partial charge in [-0.15, -0.1) is 0 Å². The maximum absolute atomic E-state index is 9.59. The Balaban J connectivity index is 2.01. The van der Waals surface area contributed by atoms with E-state index in [-0.39, 0.29) is 5.75 Å². The highest BCUT2D eigenvalue weighted by molar-refractivity contribution is 5.79. The van der Waals surface area contributed by atoms with Gasteiger partial charge in [0.05, 0.1) is 13.7 Å². The molecule has 0 bridgehead atoms. The monoisotopic (exact) mass is 241 g/mol. The molecule has 3 heteroatoms. The van der Waals surface area contributed by atoms with E-state index >= 15 is 0 Å². The number of para-hydroxylation sites is 1. The van der Waals surface area contributed by atoms with Gasteiger partial charge in [0.15, 0.2) is 0 Å². The second kappa shape index (κ2) is 5.87. The predicted molar refractivity (Wildman–Crippen MR) is 72.4 cm³/mol. The Kier molecular flexibility index (Phi) is 3.97. The number of hydrogen-bond acceptors (Lipinski definition) is 3. The van der Waals surface area contributed by atoms with Crippen LogP contribution in [-0.2, 0) is 6.54 Å². The molecule has 2 aromatic carbocycles. The van der Waals surface area contributed by atoms with Gasteiger partial charge in [-0.3, -0.25) is 4.99 Å². The number of benzene rings is 2. The third kappa shape index (κ3) is 3.10. The largest absolute Gasteiger partial charge is 0.508 e. The van der Waals surface area contributed by atoms with Crippen molar-refractivity contribution in [3.63, 3.8) is 0 Å². The van der Waals surface area contributed by atoms with Crippen molar-refractivity contribution < 1.29 is 9.84 Å². The van der Waals surface area contributed by atoms with Crippen LogP contribution in [0.25, 0.3) is 0 Å². The summed E-state index contributed by atoms with van der Waals surface area (Å²) >= 11 is 0. The fourth-order valence-corrected chi connectivity index (χ4v) is 1.58. The summed E-state index contributed by atoms with van der Waals surface area (Å²) in [6.07, 6.45) is 1.78. The quantitative estimate of drug-likeness (QED) is 0.836. The molecule has 0 heterocycles. The molecular formula is C15H15NO2. The van der Waals surface area contributed by atoms with Gasteiger partial charge in [0.2, 0.25) is 0 Å². The summed E-state index contributed by atoms with van der Waals surface area (Å²) in [4.78, 5) is 4.30. The molecule has 0 saturated heterocycles. The van der Waals surface area contributed by atoms with E-state index in [2.05, 4.69) is 4.99 Å². The molecule has 0 unspecified atom stereocenters. The molecule has 1 N–H and O–H groups in total. The first-order valence-electron chi connectivity index (χ1n) is 5.70. The summed E-state index contributed by atoms with van der Waals surface area (Å²) < 4.78 is 5.08. The Bertz CT molecular complexity index is 532. The highest BCUT2D eigenvalue weighted by Crippen LogP contribution is 2.16. The molecule has 0 aliphatic heterocycles. The van der Waals surface area contributed by atoms with Gasteiger partial charge in [0.25, 0.3) is 0 Å². The van der Waals surface area contributed by atoms with Gasteiger partial charge in [0.1, 0.15) is 11.5 Å². The molecule has 0 aliphatic carbocycles. The summed E-state index contributed by atoms with van der Waals surface area (Å²) in [7, 11) is 1.64. The van der Waals surface area contributed by atoms with Crippen molar-refractivity contribution in [2.45, 2.75) is 6.54 Å². The van der Waals surface area contributed by atoms with Crippen LogP contribution in [0.3, 0.4) is 0 Å². The fraction of sp³-hybridized carbons (Fsp3) is 0.133. The van der Waals surface area contributed by atoms with Crippen molar-refractivity contribution >= 4 is 6.21 Å². The number of phenols is 1. The number of nitrogens with zero attached hydrogens (tertiary/aromatic N) is 1. The highest BCUT2D eigenvalue weighted by Gasteiger charge is 1.96. The van der Waals surface area contributed by atoms with E-state index < -0.39 is 0 Å². The molecule has 3 nitrogen and oxygen atoms in total. The molecule has 0 atom stereocenters. The van der Waals surface area contributed by atoms with E-state index in [0.717, 1.165) is 16.9 Å². The Hall–Kier alpha value is -2.29. The molecule has 0 fully saturated rings. The summed E-state index contributed by atoms with van der Waals surface area (Å²) in [6, 6.07) is 14.9. The zero-order valence-corrected chi connectivity index (χ0v) is 10.2. The van der Waals surface area contributed by atoms with E-state index in [1.807, 2.05) is 36.4 Å². The fourth-order valence-electron chi connectivity index (χ4n) is 1.58. The van der Waals surface area contributed by atoms with Gasteiger partial charge in [-0.2, -0.15) is 0 Å². The van der Waals surface area contributed by atoms with Crippen LogP contribution in [0.5, 0.6) is 11.5 Å². The van der Waals surface area contributed by atoms with Crippen LogP contribution in [0.2, 0.25) is 0 Å². The van der Waals surface area contributed by atoms with Gasteiger partial charge in [-0.25, -0.2) is 0 Å². The minimum absolute atomic E-state index is 0.282. The Morgan fingerprint density at radius 1 is 1.11 bits per heavy atom. The molecule has 0 spiro atoms. The average Bonchev–Trinajstić information content (AvgIpc) is 2.42. The minimum Gasteiger partial charge on any atom is -0.508 e. The van der Waals surface area contributed by atoms with Crippen LogP contribution in [0.15, 0.2) is 53.5 Å². The van der Waals surface area contributed by atoms with E-state index in [9.17, 15) is 5.11 Å². The molecule has 92 valence electrons. The van der Waals surface area contributed by atoms with Crippen LogP contribution in [0, 0.1) is 0 Å². The number of aromatic hydroxyl groups is 1. The van der Waals surface area contributed by atoms with Gasteiger partial charge >= 0.3 is 0 Å². The van der Waals surface area contributed by atoms with Crippen LogP contribution < -0.4 is 4.74 Å². The molecule has 18 heavy (non-hydrogen) atoms. The first kappa shape index (κ1) is 12.2. The lowest BCUT2D eigenvalue weighted by atomic mass is 10.2. The van der Waals surface area contributed by atoms with Gasteiger partial charge in [-0.1, -0.05) is 18.2 Å². The molecule has 0 radical (unpaired) electrons. The number of ether oxygens (including phenoxy) is 1. The maximum atomic E-state index is 9.59. The third-order valence-electron chi connectivity index (χ3n) is 2.61. The zero-order chi connectivity index (χ0) is 12.8. The van der Waals surface area contributed by atoms with E-state index in [0.29, 0.717) is 6.54 Å². The molecule has 0 saturated carbocycles. The second-order valence-electron chi connectivity index (χ2n) is 3.87. The van der Waals surface area contributed by atoms with Crippen molar-refractivity contribution in [3.8, 4) is 11.5 Å². The summed E-state index contributed by atoms with van der Waals surface area (Å²) in [6.45, 7) is 0.471. The lowest BCUT2D eigenvalue weighted by Crippen LogP contribution is -1.86. The van der Waals surface area contributed by atoms with Crippen LogP contribution >= 0.6 is 0 Å². The van der Waals surface area contributed by atoms with Crippen molar-refractivity contribution in [1.82, 2.24) is 0 Å². The summed E-state index contributed by atoms with van der Waals surface area (Å²) in [5.41, 5.74) is 1.83. The van der Waals surface area contributed by atoms with E-state index in [1.54, 1.807) is 25.5 Å². The zero-order valence-electron chi connectivity index (χ0n) is 10.2. The molecular weight excluding hydrogens is 226 g/mol. The summed E-state index contributed by atoms with van der Waals surface area (Å²) in [5, 5.41) is 9.59. The minimum atomic E-state index is 0.282. The first-order valence-corrected chi connectivity index (χ1v) is 5.70. The van der Waals surface area contributed by atoms with Crippen molar-refractivity contribution in [1.29, 1.82) is 0 Å². The van der Waals surface area contributed by atoms with Crippen LogP contribution in [0.1, 0.15) is 11.1 Å². The van der Waals surface area contributed by atoms with E-state index in [4.69, 9.17) is 4.74 Å². The van der Waals surface area contributed by atoms with Gasteiger partial charge in [0, 0.05) is 11.8 Å². The normalized spacial score (nSPS) is 10.7. The lowest BCUT2D eigenvalue weighted by Gasteiger charge is -2.00. The number of phenolic OH excluding ortho intramolecular Hbond substituents is 1. The molecule has 0 amide bonds. The number of rotatable bonds is 4. The third-order valence-corrected chi connectivity index (χ3v) is 2.61. The smallest absolute Gasteiger partial charge is 0.120 e. The molecule has 2 rings (SSSR count). The second-order valence-corrected chi connectivity index (χ2v) is 3.87. The van der Waals surface area contributed by atoms with E-state index in [1.165, 1.54) is 0 Å². The Labute approximate surface area is 106 Å². The predicted octanol–water partition coefficient (Wildman–Crippen LogP) is 3.02. The highest BCUT2D eigenvalue weighted by atomic mass is 16.5. The number of hydrogen-bond donors (Lipinski definition) is 1. The lowest BCUT2D eigenvalue weighted by molar-refractivity contribution is 0.415.